The molecule has 1 aliphatic rings. The topological polar surface area (TPSA) is 68.1 Å². The van der Waals surface area contributed by atoms with Gasteiger partial charge in [0.05, 0.1) is 16.6 Å². The lowest BCUT2D eigenvalue weighted by atomic mass is 9.94. The van der Waals surface area contributed by atoms with E-state index in [1.807, 2.05) is 30.3 Å². The summed E-state index contributed by atoms with van der Waals surface area (Å²) in [5, 5.41) is 7.81. The molecule has 1 aliphatic heterocycles. The van der Waals surface area contributed by atoms with Crippen LogP contribution in [0.4, 0.5) is 0 Å². The Kier molecular flexibility index (Phi) is 7.16. The molecule has 35 heavy (non-hydrogen) atoms. The van der Waals surface area contributed by atoms with E-state index in [1.165, 1.54) is 4.90 Å². The van der Waals surface area contributed by atoms with Crippen LogP contribution in [0, 0.1) is 0 Å². The number of benzene rings is 3. The Balaban J connectivity index is 1.14. The lowest BCUT2D eigenvalue weighted by Crippen LogP contribution is -2.40. The molecule has 1 aromatic heterocycles. The number of halogens is 3. The molecule has 2 heterocycles. The van der Waals surface area contributed by atoms with Gasteiger partial charge in [-0.15, -0.1) is 5.10 Å². The monoisotopic (exact) mass is 588 g/mol. The maximum absolute atomic E-state index is 13.0. The van der Waals surface area contributed by atoms with Crippen molar-refractivity contribution in [1.29, 1.82) is 0 Å². The third kappa shape index (κ3) is 4.98. The first-order valence-electron chi connectivity index (χ1n) is 11.0. The number of hydrogen-bond acceptors (Lipinski definition) is 5. The summed E-state index contributed by atoms with van der Waals surface area (Å²) in [4.78, 5) is 31.8. The SMILES string of the molecule is O=C1c2cccc3c(Br)ccc(c23)C(=O)N1CCCCSc1ncn(Cc2ccc(Cl)c(Cl)c2)n1. The molecule has 0 spiro atoms. The Morgan fingerprint density at radius 3 is 2.54 bits per heavy atom. The van der Waals surface area contributed by atoms with Crippen LogP contribution >= 0.6 is 50.9 Å². The first kappa shape index (κ1) is 24.3. The van der Waals surface area contributed by atoms with E-state index in [0.717, 1.165) is 33.0 Å². The van der Waals surface area contributed by atoms with Gasteiger partial charge in [0.25, 0.3) is 11.8 Å². The average Bonchev–Trinajstić information content (AvgIpc) is 3.29. The standard InChI is InChI=1S/C25H19BrCl2N4O2S/c26-19-8-7-18-22-16(19)4-3-5-17(22)23(33)32(24(18)34)10-1-2-11-35-25-29-14-31(30-25)13-15-6-9-20(27)21(28)12-15/h3-9,12,14H,1-2,10-11,13H2. The summed E-state index contributed by atoms with van der Waals surface area (Å²) in [6.45, 7) is 0.928. The lowest BCUT2D eigenvalue weighted by molar-refractivity contribution is 0.0608. The van der Waals surface area contributed by atoms with Crippen molar-refractivity contribution in [3.05, 3.63) is 86.1 Å². The normalized spacial score (nSPS) is 13.2. The molecule has 0 atom stereocenters. The molecule has 0 N–H and O–H groups in total. The summed E-state index contributed by atoms with van der Waals surface area (Å²) < 4.78 is 2.63. The van der Waals surface area contributed by atoms with Gasteiger partial charge in [-0.2, -0.15) is 0 Å². The largest absolute Gasteiger partial charge is 0.274 e. The van der Waals surface area contributed by atoms with Gasteiger partial charge in [0.15, 0.2) is 0 Å². The van der Waals surface area contributed by atoms with Crippen molar-refractivity contribution >= 4 is 73.5 Å². The fraction of sp³-hybridized carbons (Fsp3) is 0.200. The van der Waals surface area contributed by atoms with Gasteiger partial charge in [0, 0.05) is 33.3 Å². The van der Waals surface area contributed by atoms with Gasteiger partial charge in [0.1, 0.15) is 6.33 Å². The molecule has 4 aromatic rings. The van der Waals surface area contributed by atoms with Gasteiger partial charge in [-0.05, 0) is 54.1 Å². The molecule has 0 unspecified atom stereocenters. The zero-order chi connectivity index (χ0) is 24.5. The maximum Gasteiger partial charge on any atom is 0.261 e. The summed E-state index contributed by atoms with van der Waals surface area (Å²) in [6.07, 6.45) is 3.21. The van der Waals surface area contributed by atoms with E-state index in [2.05, 4.69) is 26.0 Å². The first-order chi connectivity index (χ1) is 16.9. The van der Waals surface area contributed by atoms with Gasteiger partial charge < -0.3 is 0 Å². The summed E-state index contributed by atoms with van der Waals surface area (Å²) in [7, 11) is 0. The van der Waals surface area contributed by atoms with E-state index in [9.17, 15) is 9.59 Å². The average molecular weight is 590 g/mol. The van der Waals surface area contributed by atoms with Gasteiger partial charge in [-0.1, -0.05) is 69.1 Å². The number of rotatable bonds is 8. The van der Waals surface area contributed by atoms with Crippen LogP contribution in [0.25, 0.3) is 10.8 Å². The third-order valence-corrected chi connectivity index (χ3v) is 8.16. The van der Waals surface area contributed by atoms with E-state index < -0.39 is 0 Å². The highest BCUT2D eigenvalue weighted by Crippen LogP contribution is 2.34. The van der Waals surface area contributed by atoms with E-state index in [-0.39, 0.29) is 11.8 Å². The highest BCUT2D eigenvalue weighted by atomic mass is 79.9. The Hall–Kier alpha value is -2.39. The van der Waals surface area contributed by atoms with Crippen molar-refractivity contribution in [3.63, 3.8) is 0 Å². The fourth-order valence-electron chi connectivity index (χ4n) is 4.09. The molecule has 5 rings (SSSR count). The van der Waals surface area contributed by atoms with Gasteiger partial charge in [-0.3, -0.25) is 14.5 Å². The number of carbonyl (C=O) groups is 2. The van der Waals surface area contributed by atoms with Gasteiger partial charge in [0.2, 0.25) is 5.16 Å². The molecule has 2 amide bonds. The molecule has 0 saturated heterocycles. The molecule has 0 fully saturated rings. The minimum atomic E-state index is -0.235. The minimum absolute atomic E-state index is 0.235. The second-order valence-electron chi connectivity index (χ2n) is 8.11. The second-order valence-corrected chi connectivity index (χ2v) is 10.8. The van der Waals surface area contributed by atoms with Crippen LogP contribution in [0.15, 0.2) is 64.5 Å². The predicted octanol–water partition coefficient (Wildman–Crippen LogP) is 6.72. The zero-order valence-electron chi connectivity index (χ0n) is 18.4. The molecule has 0 bridgehead atoms. The molecular formula is C25H19BrCl2N4O2S. The number of imide groups is 1. The van der Waals surface area contributed by atoms with Crippen molar-refractivity contribution in [3.8, 4) is 0 Å². The number of unbranched alkanes of at least 4 members (excludes halogenated alkanes) is 1. The van der Waals surface area contributed by atoms with Crippen LogP contribution in [0.2, 0.25) is 10.0 Å². The van der Waals surface area contributed by atoms with Crippen molar-refractivity contribution in [2.45, 2.75) is 24.5 Å². The minimum Gasteiger partial charge on any atom is -0.274 e. The molecule has 6 nitrogen and oxygen atoms in total. The van der Waals surface area contributed by atoms with Crippen LogP contribution in [0.5, 0.6) is 0 Å². The highest BCUT2D eigenvalue weighted by molar-refractivity contribution is 9.10. The number of nitrogens with zero attached hydrogens (tertiary/aromatic N) is 4. The Labute approximate surface area is 224 Å². The number of amides is 2. The number of thioether (sulfide) groups is 1. The van der Waals surface area contributed by atoms with Crippen molar-refractivity contribution in [2.24, 2.45) is 0 Å². The molecule has 3 aromatic carbocycles. The van der Waals surface area contributed by atoms with E-state index in [1.54, 1.807) is 41.0 Å². The molecule has 0 aliphatic carbocycles. The van der Waals surface area contributed by atoms with Crippen LogP contribution in [-0.4, -0.2) is 43.8 Å². The van der Waals surface area contributed by atoms with E-state index in [0.29, 0.717) is 45.8 Å². The summed E-state index contributed by atoms with van der Waals surface area (Å²) in [5.74, 6) is 0.315. The van der Waals surface area contributed by atoms with Crippen LogP contribution in [0.3, 0.4) is 0 Å². The summed E-state index contributed by atoms with van der Waals surface area (Å²) in [6, 6.07) is 14.7. The predicted molar refractivity (Wildman–Crippen MR) is 143 cm³/mol. The third-order valence-electron chi connectivity index (χ3n) is 5.79. The number of hydrogen-bond donors (Lipinski definition) is 0. The van der Waals surface area contributed by atoms with E-state index >= 15 is 0 Å². The summed E-state index contributed by atoms with van der Waals surface area (Å²) >= 11 is 17.1. The Morgan fingerprint density at radius 2 is 1.74 bits per heavy atom. The van der Waals surface area contributed by atoms with E-state index in [4.69, 9.17) is 23.2 Å². The molecule has 178 valence electrons. The molecule has 10 heteroatoms. The fourth-order valence-corrected chi connectivity index (χ4v) is 5.69. The smallest absolute Gasteiger partial charge is 0.261 e. The molecule has 0 radical (unpaired) electrons. The zero-order valence-corrected chi connectivity index (χ0v) is 22.3. The van der Waals surface area contributed by atoms with Crippen molar-refractivity contribution in [2.75, 3.05) is 12.3 Å². The van der Waals surface area contributed by atoms with Gasteiger partial charge >= 0.3 is 0 Å². The highest BCUT2D eigenvalue weighted by Gasteiger charge is 2.32. The Bertz CT molecular complexity index is 1440. The Morgan fingerprint density at radius 1 is 0.943 bits per heavy atom. The van der Waals surface area contributed by atoms with Crippen LogP contribution < -0.4 is 0 Å². The number of carbonyl (C=O) groups excluding carboxylic acids is 2. The van der Waals surface area contributed by atoms with Crippen LogP contribution in [-0.2, 0) is 6.54 Å². The van der Waals surface area contributed by atoms with Gasteiger partial charge in [-0.25, -0.2) is 9.67 Å². The quantitative estimate of drug-likeness (QED) is 0.130. The first-order valence-corrected chi connectivity index (χ1v) is 13.5. The van der Waals surface area contributed by atoms with Crippen molar-refractivity contribution < 1.29 is 9.59 Å². The van der Waals surface area contributed by atoms with Crippen LogP contribution in [0.1, 0.15) is 39.1 Å². The second kappa shape index (κ2) is 10.3. The lowest BCUT2D eigenvalue weighted by Gasteiger charge is -2.27. The molecular weight excluding hydrogens is 571 g/mol. The molecule has 0 saturated carbocycles. The van der Waals surface area contributed by atoms with Crippen molar-refractivity contribution in [1.82, 2.24) is 19.7 Å². The summed E-state index contributed by atoms with van der Waals surface area (Å²) in [5.41, 5.74) is 2.13. The number of aromatic nitrogens is 3. The maximum atomic E-state index is 13.0.